The molecule has 0 aliphatic rings. The zero-order valence-corrected chi connectivity index (χ0v) is 5.20. The molecule has 0 aromatic carbocycles. The summed E-state index contributed by atoms with van der Waals surface area (Å²) in [6.45, 7) is 0. The molecular formula is C5H6ClNO. The second kappa shape index (κ2) is 2.09. The summed E-state index contributed by atoms with van der Waals surface area (Å²) in [4.78, 5) is 2.80. The Kier molecular flexibility index (Phi) is 1.44. The summed E-state index contributed by atoms with van der Waals surface area (Å²) >= 11 is 5.53. The van der Waals surface area contributed by atoms with Crippen molar-refractivity contribution in [3.8, 4) is 5.88 Å². The molecular weight excluding hydrogens is 126 g/mol. The summed E-state index contributed by atoms with van der Waals surface area (Å²) in [5.41, 5.74) is 0. The molecule has 0 aliphatic carbocycles. The third kappa shape index (κ3) is 0.954. The van der Waals surface area contributed by atoms with Crippen LogP contribution >= 0.6 is 11.6 Å². The van der Waals surface area contributed by atoms with Crippen molar-refractivity contribution in [3.63, 3.8) is 0 Å². The summed E-state index contributed by atoms with van der Waals surface area (Å²) in [6, 6.07) is 1.71. The van der Waals surface area contributed by atoms with Crippen LogP contribution in [-0.2, 0) is 0 Å². The maximum absolute atomic E-state index is 5.53. The van der Waals surface area contributed by atoms with Gasteiger partial charge < -0.3 is 9.72 Å². The van der Waals surface area contributed by atoms with E-state index in [4.69, 9.17) is 16.3 Å². The van der Waals surface area contributed by atoms with Gasteiger partial charge in [0.1, 0.15) is 0 Å². The normalized spacial score (nSPS) is 9.25. The van der Waals surface area contributed by atoms with E-state index in [0.717, 1.165) is 0 Å². The van der Waals surface area contributed by atoms with E-state index in [9.17, 15) is 0 Å². The first-order chi connectivity index (χ1) is 3.83. The minimum absolute atomic E-state index is 0.668. The van der Waals surface area contributed by atoms with Crippen molar-refractivity contribution >= 4 is 11.6 Å². The fourth-order valence-electron chi connectivity index (χ4n) is 0.466. The second-order valence-corrected chi connectivity index (χ2v) is 1.82. The van der Waals surface area contributed by atoms with Crippen molar-refractivity contribution in [2.45, 2.75) is 0 Å². The van der Waals surface area contributed by atoms with Crippen LogP contribution in [0.5, 0.6) is 5.88 Å². The molecule has 1 aromatic heterocycles. The summed E-state index contributed by atoms with van der Waals surface area (Å²) in [7, 11) is 1.59. The van der Waals surface area contributed by atoms with Crippen LogP contribution in [-0.4, -0.2) is 12.1 Å². The van der Waals surface area contributed by atoms with E-state index in [1.165, 1.54) is 0 Å². The van der Waals surface area contributed by atoms with Gasteiger partial charge in [0.25, 0.3) is 0 Å². The molecule has 1 heterocycles. The quantitative estimate of drug-likeness (QED) is 0.616. The Balaban J connectivity index is 2.84. The van der Waals surface area contributed by atoms with E-state index < -0.39 is 0 Å². The fraction of sp³-hybridized carbons (Fsp3) is 0.200. The van der Waals surface area contributed by atoms with E-state index in [0.29, 0.717) is 10.9 Å². The minimum atomic E-state index is 0.668. The lowest BCUT2D eigenvalue weighted by Crippen LogP contribution is -1.78. The molecule has 0 unspecified atom stereocenters. The van der Waals surface area contributed by atoms with Crippen LogP contribution < -0.4 is 4.74 Å². The van der Waals surface area contributed by atoms with Crippen LogP contribution in [0.3, 0.4) is 0 Å². The van der Waals surface area contributed by atoms with Crippen LogP contribution in [0.1, 0.15) is 0 Å². The van der Waals surface area contributed by atoms with Gasteiger partial charge >= 0.3 is 0 Å². The van der Waals surface area contributed by atoms with E-state index in [1.807, 2.05) is 0 Å². The number of halogens is 1. The Morgan fingerprint density at radius 3 is 2.75 bits per heavy atom. The topological polar surface area (TPSA) is 25.0 Å². The van der Waals surface area contributed by atoms with Crippen molar-refractivity contribution in [1.82, 2.24) is 4.98 Å². The molecule has 0 radical (unpaired) electrons. The number of aromatic nitrogens is 1. The van der Waals surface area contributed by atoms with E-state index in [1.54, 1.807) is 19.4 Å². The van der Waals surface area contributed by atoms with E-state index >= 15 is 0 Å². The molecule has 0 saturated carbocycles. The summed E-state index contributed by atoms with van der Waals surface area (Å²) < 4.78 is 4.80. The Hall–Kier alpha value is -0.630. The number of ether oxygens (including phenoxy) is 1. The number of hydrogen-bond donors (Lipinski definition) is 1. The van der Waals surface area contributed by atoms with Crippen molar-refractivity contribution in [1.29, 1.82) is 0 Å². The molecule has 44 valence electrons. The summed E-state index contributed by atoms with van der Waals surface area (Å²) in [6.07, 6.45) is 1.67. The van der Waals surface area contributed by atoms with Crippen LogP contribution in [0.15, 0.2) is 12.3 Å². The average Bonchev–Trinajstić information content (AvgIpc) is 2.14. The Labute approximate surface area is 52.4 Å². The standard InChI is InChI=1S/C5H6ClNO/c1-8-5-2-4(6)3-7-5/h2-3,7H,1H3. The number of methoxy groups -OCH3 is 1. The van der Waals surface area contributed by atoms with Gasteiger partial charge in [0, 0.05) is 12.3 Å². The van der Waals surface area contributed by atoms with Gasteiger partial charge in [-0.1, -0.05) is 11.6 Å². The first kappa shape index (κ1) is 5.51. The van der Waals surface area contributed by atoms with Gasteiger partial charge in [0.2, 0.25) is 0 Å². The lowest BCUT2D eigenvalue weighted by molar-refractivity contribution is 0.400. The predicted molar refractivity (Wildman–Crippen MR) is 32.4 cm³/mol. The third-order valence-electron chi connectivity index (χ3n) is 0.841. The average molecular weight is 132 g/mol. The monoisotopic (exact) mass is 131 g/mol. The zero-order chi connectivity index (χ0) is 5.98. The second-order valence-electron chi connectivity index (χ2n) is 1.39. The molecule has 0 aliphatic heterocycles. The van der Waals surface area contributed by atoms with Crippen molar-refractivity contribution in [2.75, 3.05) is 7.11 Å². The zero-order valence-electron chi connectivity index (χ0n) is 4.44. The van der Waals surface area contributed by atoms with Crippen molar-refractivity contribution in [2.24, 2.45) is 0 Å². The number of rotatable bonds is 1. The smallest absolute Gasteiger partial charge is 0.191 e. The SMILES string of the molecule is COc1cc(Cl)c[nH]1. The maximum atomic E-state index is 5.53. The Morgan fingerprint density at radius 1 is 1.75 bits per heavy atom. The molecule has 8 heavy (non-hydrogen) atoms. The minimum Gasteiger partial charge on any atom is -0.482 e. The summed E-state index contributed by atoms with van der Waals surface area (Å²) in [5, 5.41) is 0.668. The highest BCUT2D eigenvalue weighted by molar-refractivity contribution is 6.30. The molecule has 0 bridgehead atoms. The fourth-order valence-corrected chi connectivity index (χ4v) is 0.620. The van der Waals surface area contributed by atoms with Gasteiger partial charge in [-0.05, 0) is 0 Å². The molecule has 1 rings (SSSR count). The van der Waals surface area contributed by atoms with Gasteiger partial charge in [0.15, 0.2) is 5.88 Å². The highest BCUT2D eigenvalue weighted by Crippen LogP contribution is 2.14. The summed E-state index contributed by atoms with van der Waals surface area (Å²) in [5.74, 6) is 0.690. The molecule has 0 fully saturated rings. The lowest BCUT2D eigenvalue weighted by Gasteiger charge is -1.87. The van der Waals surface area contributed by atoms with E-state index in [2.05, 4.69) is 4.98 Å². The molecule has 1 aromatic rings. The Morgan fingerprint density at radius 2 is 2.50 bits per heavy atom. The highest BCUT2D eigenvalue weighted by atomic mass is 35.5. The predicted octanol–water partition coefficient (Wildman–Crippen LogP) is 1.68. The van der Waals surface area contributed by atoms with Gasteiger partial charge in [0.05, 0.1) is 12.1 Å². The van der Waals surface area contributed by atoms with E-state index in [-0.39, 0.29) is 0 Å². The van der Waals surface area contributed by atoms with Crippen molar-refractivity contribution < 1.29 is 4.74 Å². The molecule has 0 amide bonds. The first-order valence-corrected chi connectivity index (χ1v) is 2.58. The van der Waals surface area contributed by atoms with Crippen molar-refractivity contribution in [3.05, 3.63) is 17.3 Å². The first-order valence-electron chi connectivity index (χ1n) is 2.21. The number of nitrogens with one attached hydrogen (secondary N) is 1. The highest BCUT2D eigenvalue weighted by Gasteiger charge is 1.91. The number of hydrogen-bond acceptors (Lipinski definition) is 1. The van der Waals surface area contributed by atoms with Crippen LogP contribution in [0.4, 0.5) is 0 Å². The Bertz CT molecular complexity index is 173. The largest absolute Gasteiger partial charge is 0.482 e. The van der Waals surface area contributed by atoms with Gasteiger partial charge in [-0.15, -0.1) is 0 Å². The molecule has 3 heteroatoms. The van der Waals surface area contributed by atoms with Crippen LogP contribution in [0.25, 0.3) is 0 Å². The molecule has 1 N–H and O–H groups in total. The maximum Gasteiger partial charge on any atom is 0.191 e. The van der Waals surface area contributed by atoms with Crippen LogP contribution in [0.2, 0.25) is 5.02 Å². The number of H-pyrrole nitrogens is 1. The molecule has 2 nitrogen and oxygen atoms in total. The van der Waals surface area contributed by atoms with Gasteiger partial charge in [-0.2, -0.15) is 0 Å². The third-order valence-corrected chi connectivity index (χ3v) is 1.06. The molecule has 0 saturated heterocycles. The molecule has 0 spiro atoms. The van der Waals surface area contributed by atoms with Gasteiger partial charge in [-0.25, -0.2) is 0 Å². The van der Waals surface area contributed by atoms with Gasteiger partial charge in [-0.3, -0.25) is 0 Å². The molecule has 0 atom stereocenters. The lowest BCUT2D eigenvalue weighted by atomic mass is 10.6. The van der Waals surface area contributed by atoms with Crippen LogP contribution in [0, 0.1) is 0 Å². The number of aromatic amines is 1.